The van der Waals surface area contributed by atoms with Gasteiger partial charge in [0.25, 0.3) is 9.05 Å². The van der Waals surface area contributed by atoms with Crippen LogP contribution in [0.4, 0.5) is 4.79 Å². The van der Waals surface area contributed by atoms with Crippen molar-refractivity contribution < 1.29 is 32.6 Å². The first-order valence-electron chi connectivity index (χ1n) is 5.66. The van der Waals surface area contributed by atoms with E-state index in [9.17, 15) is 18.0 Å². The fourth-order valence-corrected chi connectivity index (χ4v) is 2.44. The zero-order valence-electron chi connectivity index (χ0n) is 10.4. The number of carbonyl (C=O) groups is 2. The Hall–Kier alpha value is -2.00. The molecule has 1 unspecified atom stereocenters. The molecule has 0 bridgehead atoms. The summed E-state index contributed by atoms with van der Waals surface area (Å²) in [4.78, 5) is 21.6. The van der Waals surface area contributed by atoms with Crippen LogP contribution in [0.2, 0.25) is 0 Å². The van der Waals surface area contributed by atoms with Gasteiger partial charge >= 0.3 is 12.1 Å². The van der Waals surface area contributed by atoms with E-state index in [0.717, 1.165) is 12.1 Å². The summed E-state index contributed by atoms with van der Waals surface area (Å²) in [6, 6.07) is 3.21. The van der Waals surface area contributed by atoms with Crippen molar-refractivity contribution in [2.75, 3.05) is 13.2 Å². The summed E-state index contributed by atoms with van der Waals surface area (Å²) in [5, 5.41) is 11.5. The van der Waals surface area contributed by atoms with Crippen molar-refractivity contribution in [1.29, 1.82) is 0 Å². The topological polar surface area (TPSA) is 119 Å². The first-order chi connectivity index (χ1) is 9.77. The number of halogens is 1. The van der Waals surface area contributed by atoms with Crippen molar-refractivity contribution in [1.82, 2.24) is 5.32 Å². The lowest BCUT2D eigenvalue weighted by Crippen LogP contribution is -2.22. The van der Waals surface area contributed by atoms with E-state index >= 15 is 0 Å². The average Bonchev–Trinajstić information content (AvgIpc) is 2.80. The zero-order valence-corrected chi connectivity index (χ0v) is 12.0. The number of cyclic esters (lactones) is 1. The molecule has 2 N–H and O–H groups in total. The van der Waals surface area contributed by atoms with E-state index in [1.165, 1.54) is 6.07 Å². The molecule has 0 saturated carbocycles. The van der Waals surface area contributed by atoms with E-state index in [1.807, 2.05) is 0 Å². The minimum atomic E-state index is -4.04. The number of carboxylic acids is 1. The summed E-state index contributed by atoms with van der Waals surface area (Å²) in [7, 11) is 1.12. The van der Waals surface area contributed by atoms with Gasteiger partial charge in [-0.2, -0.15) is 0 Å². The number of ether oxygens (including phenoxy) is 2. The second-order valence-corrected chi connectivity index (χ2v) is 6.69. The van der Waals surface area contributed by atoms with Crippen molar-refractivity contribution in [2.45, 2.75) is 11.0 Å². The van der Waals surface area contributed by atoms with E-state index in [2.05, 4.69) is 5.32 Å². The second-order valence-electron chi connectivity index (χ2n) is 4.12. The fraction of sp³-hybridized carbons (Fsp3) is 0.273. The molecule has 114 valence electrons. The second kappa shape index (κ2) is 5.78. The van der Waals surface area contributed by atoms with Crippen LogP contribution in [-0.4, -0.2) is 44.8 Å². The molecule has 1 atom stereocenters. The van der Waals surface area contributed by atoms with Gasteiger partial charge < -0.3 is 19.9 Å². The van der Waals surface area contributed by atoms with Crippen LogP contribution in [-0.2, 0) is 13.8 Å². The summed E-state index contributed by atoms with van der Waals surface area (Å²) >= 11 is 0. The van der Waals surface area contributed by atoms with Crippen molar-refractivity contribution >= 4 is 31.8 Å². The standard InChI is InChI=1S/C11H10ClNO7S/c12-21(17,18)7-1-2-9(8(3-7)10(14)15)19-5-6-4-13-11(16)20-6/h1-3,6H,4-5H2,(H,13,16)(H,14,15). The van der Waals surface area contributed by atoms with Gasteiger partial charge in [-0.1, -0.05) is 0 Å². The minimum absolute atomic E-state index is 0.0467. The van der Waals surface area contributed by atoms with E-state index in [0.29, 0.717) is 0 Å². The number of rotatable bonds is 5. The Morgan fingerprint density at radius 3 is 2.76 bits per heavy atom. The molecule has 0 radical (unpaired) electrons. The number of aromatic carboxylic acids is 1. The highest BCUT2D eigenvalue weighted by Gasteiger charge is 2.24. The lowest BCUT2D eigenvalue weighted by molar-refractivity contribution is 0.0683. The summed E-state index contributed by atoms with van der Waals surface area (Å²) in [6.45, 7) is 0.182. The lowest BCUT2D eigenvalue weighted by atomic mass is 10.2. The van der Waals surface area contributed by atoms with Gasteiger partial charge in [-0.25, -0.2) is 18.0 Å². The maximum absolute atomic E-state index is 11.2. The SMILES string of the molecule is O=C1NCC(COc2ccc(S(=O)(=O)Cl)cc2C(=O)O)O1. The van der Waals surface area contributed by atoms with Gasteiger partial charge in [-0.3, -0.25) is 0 Å². The van der Waals surface area contributed by atoms with Crippen LogP contribution in [0.15, 0.2) is 23.1 Å². The highest BCUT2D eigenvalue weighted by molar-refractivity contribution is 8.13. The zero-order chi connectivity index (χ0) is 15.6. The molecule has 1 heterocycles. The van der Waals surface area contributed by atoms with Crippen LogP contribution in [0.1, 0.15) is 10.4 Å². The number of carbonyl (C=O) groups excluding carboxylic acids is 1. The smallest absolute Gasteiger partial charge is 0.407 e. The van der Waals surface area contributed by atoms with Crippen LogP contribution < -0.4 is 10.1 Å². The number of carboxylic acid groups (broad SMARTS) is 1. The predicted octanol–water partition coefficient (Wildman–Crippen LogP) is 0.800. The third-order valence-electron chi connectivity index (χ3n) is 2.64. The molecular formula is C11H10ClNO7S. The van der Waals surface area contributed by atoms with Crippen LogP contribution in [0.5, 0.6) is 5.75 Å². The largest absolute Gasteiger partial charge is 0.489 e. The van der Waals surface area contributed by atoms with Crippen molar-refractivity contribution in [3.63, 3.8) is 0 Å². The molecule has 1 saturated heterocycles. The Balaban J connectivity index is 2.19. The molecule has 0 aromatic heterocycles. The van der Waals surface area contributed by atoms with Crippen LogP contribution in [0.25, 0.3) is 0 Å². The van der Waals surface area contributed by atoms with Crippen molar-refractivity contribution in [3.8, 4) is 5.75 Å². The third kappa shape index (κ3) is 3.76. The van der Waals surface area contributed by atoms with Crippen LogP contribution in [0, 0.1) is 0 Å². The van der Waals surface area contributed by atoms with Gasteiger partial charge in [0.05, 0.1) is 11.4 Å². The van der Waals surface area contributed by atoms with Gasteiger partial charge in [0.2, 0.25) is 0 Å². The van der Waals surface area contributed by atoms with Crippen molar-refractivity contribution in [3.05, 3.63) is 23.8 Å². The predicted molar refractivity (Wildman–Crippen MR) is 70.2 cm³/mol. The lowest BCUT2D eigenvalue weighted by Gasteiger charge is -2.12. The number of hydrogen-bond donors (Lipinski definition) is 2. The molecule has 21 heavy (non-hydrogen) atoms. The van der Waals surface area contributed by atoms with E-state index in [1.54, 1.807) is 0 Å². The number of nitrogens with one attached hydrogen (secondary N) is 1. The quantitative estimate of drug-likeness (QED) is 0.764. The molecule has 1 aliphatic heterocycles. The molecule has 1 aromatic rings. The van der Waals surface area contributed by atoms with Crippen LogP contribution in [0.3, 0.4) is 0 Å². The molecule has 2 rings (SSSR count). The summed E-state index contributed by atoms with van der Waals surface area (Å²) in [6.07, 6.45) is -1.12. The van der Waals surface area contributed by atoms with Crippen molar-refractivity contribution in [2.24, 2.45) is 0 Å². The molecule has 1 fully saturated rings. The molecule has 1 aliphatic rings. The average molecular weight is 336 g/mol. The Kier molecular flexibility index (Phi) is 4.24. The van der Waals surface area contributed by atoms with E-state index in [4.69, 9.17) is 25.3 Å². The third-order valence-corrected chi connectivity index (χ3v) is 3.99. The molecule has 1 amide bonds. The Bertz CT molecular complexity index is 688. The highest BCUT2D eigenvalue weighted by atomic mass is 35.7. The Morgan fingerprint density at radius 1 is 1.52 bits per heavy atom. The first-order valence-corrected chi connectivity index (χ1v) is 7.97. The van der Waals surface area contributed by atoms with Gasteiger partial charge in [0.15, 0.2) is 6.10 Å². The number of amides is 1. The molecular weight excluding hydrogens is 326 g/mol. The molecule has 1 aromatic carbocycles. The Morgan fingerprint density at radius 2 is 2.24 bits per heavy atom. The maximum atomic E-state index is 11.2. The maximum Gasteiger partial charge on any atom is 0.407 e. The van der Waals surface area contributed by atoms with E-state index in [-0.39, 0.29) is 29.4 Å². The fourth-order valence-electron chi connectivity index (χ4n) is 1.66. The van der Waals surface area contributed by atoms with Gasteiger partial charge in [0, 0.05) is 10.7 Å². The first kappa shape index (κ1) is 15.4. The summed E-state index contributed by atoms with van der Waals surface area (Å²) < 4.78 is 32.5. The summed E-state index contributed by atoms with van der Waals surface area (Å²) in [5.74, 6) is -1.41. The van der Waals surface area contributed by atoms with Crippen LogP contribution >= 0.6 is 10.7 Å². The highest BCUT2D eigenvalue weighted by Crippen LogP contribution is 2.25. The minimum Gasteiger partial charge on any atom is -0.489 e. The van der Waals surface area contributed by atoms with E-state index < -0.39 is 27.2 Å². The van der Waals surface area contributed by atoms with Gasteiger partial charge in [0.1, 0.15) is 17.9 Å². The van der Waals surface area contributed by atoms with Gasteiger partial charge in [-0.15, -0.1) is 0 Å². The number of hydrogen-bond acceptors (Lipinski definition) is 6. The molecule has 10 heteroatoms. The molecule has 0 aliphatic carbocycles. The number of benzene rings is 1. The monoisotopic (exact) mass is 335 g/mol. The normalized spacial score (nSPS) is 18.0. The molecule has 0 spiro atoms. The van der Waals surface area contributed by atoms with Gasteiger partial charge in [-0.05, 0) is 18.2 Å². The number of alkyl carbamates (subject to hydrolysis) is 1. The Labute approximate surface area is 124 Å². The molecule has 8 nitrogen and oxygen atoms in total. The summed E-state index contributed by atoms with van der Waals surface area (Å²) in [5.41, 5.74) is -0.353.